The molecule has 1 atom stereocenters. The van der Waals surface area contributed by atoms with Crippen LogP contribution in [0.2, 0.25) is 0 Å². The van der Waals surface area contributed by atoms with Crippen molar-refractivity contribution in [2.24, 2.45) is 0 Å². The summed E-state index contributed by atoms with van der Waals surface area (Å²) in [6.45, 7) is 3.92. The van der Waals surface area contributed by atoms with E-state index >= 15 is 0 Å². The van der Waals surface area contributed by atoms with Crippen molar-refractivity contribution in [3.8, 4) is 0 Å². The van der Waals surface area contributed by atoms with Crippen LogP contribution in [0.15, 0.2) is 24.3 Å². The second-order valence-corrected chi connectivity index (χ2v) is 5.84. The lowest BCUT2D eigenvalue weighted by molar-refractivity contribution is -0.131. The molecule has 0 amide bonds. The van der Waals surface area contributed by atoms with Gasteiger partial charge in [-0.3, -0.25) is 4.90 Å². The van der Waals surface area contributed by atoms with Crippen LogP contribution in [0, 0.1) is 5.82 Å². The fourth-order valence-electron chi connectivity index (χ4n) is 2.70. The Morgan fingerprint density at radius 3 is 2.95 bits per heavy atom. The fourth-order valence-corrected chi connectivity index (χ4v) is 2.70. The Morgan fingerprint density at radius 1 is 1.52 bits per heavy atom. The van der Waals surface area contributed by atoms with Gasteiger partial charge in [-0.25, -0.2) is 9.18 Å². The molecule has 0 saturated carbocycles. The molecule has 1 fully saturated rings. The van der Waals surface area contributed by atoms with Gasteiger partial charge < -0.3 is 10.2 Å². The van der Waals surface area contributed by atoms with Gasteiger partial charge in [0.2, 0.25) is 0 Å². The number of aliphatic carboxylic acids is 1. The van der Waals surface area contributed by atoms with Crippen LogP contribution in [-0.4, -0.2) is 39.8 Å². The predicted octanol–water partition coefficient (Wildman–Crippen LogP) is 2.27. The summed E-state index contributed by atoms with van der Waals surface area (Å²) in [5.41, 5.74) is 0.488. The molecule has 21 heavy (non-hydrogen) atoms. The molecule has 2 N–H and O–H groups in total. The number of nitrogens with zero attached hydrogens (tertiary/aromatic N) is 1. The van der Waals surface area contributed by atoms with Gasteiger partial charge in [-0.05, 0) is 50.1 Å². The van der Waals surface area contributed by atoms with Crippen molar-refractivity contribution in [3.05, 3.63) is 41.2 Å². The third kappa shape index (κ3) is 4.65. The van der Waals surface area contributed by atoms with Crippen molar-refractivity contribution in [1.29, 1.82) is 0 Å². The molecule has 1 aliphatic heterocycles. The van der Waals surface area contributed by atoms with Crippen molar-refractivity contribution in [3.63, 3.8) is 0 Å². The van der Waals surface area contributed by atoms with Crippen LogP contribution in [0.4, 0.5) is 4.39 Å². The number of rotatable bonds is 4. The van der Waals surface area contributed by atoms with Gasteiger partial charge in [0.25, 0.3) is 0 Å². The Balaban J connectivity index is 2.10. The summed E-state index contributed by atoms with van der Waals surface area (Å²) in [6, 6.07) is 4.69. The summed E-state index contributed by atoms with van der Waals surface area (Å²) in [7, 11) is 0. The van der Waals surface area contributed by atoms with E-state index in [1.165, 1.54) is 12.1 Å². The maximum Gasteiger partial charge on any atom is 0.328 e. The van der Waals surface area contributed by atoms with E-state index in [2.05, 4.69) is 4.90 Å². The van der Waals surface area contributed by atoms with Gasteiger partial charge in [-0.1, -0.05) is 6.07 Å². The number of likely N-dealkylation sites (tertiary alicyclic amines) is 1. The number of benzene rings is 1. The third-order valence-electron chi connectivity index (χ3n) is 3.63. The molecule has 0 bridgehead atoms. The first-order valence-corrected chi connectivity index (χ1v) is 7.00. The number of hydrogen-bond acceptors (Lipinski definition) is 3. The van der Waals surface area contributed by atoms with Crippen LogP contribution >= 0.6 is 0 Å². The molecule has 1 aliphatic rings. The zero-order chi connectivity index (χ0) is 15.5. The molecule has 4 nitrogen and oxygen atoms in total. The average Bonchev–Trinajstić information content (AvgIpc) is 2.38. The molecule has 0 spiro atoms. The average molecular weight is 293 g/mol. The SMILES string of the molecule is CC1(O)CCCN(Cc2ccc(F)c(/C=C/C(=O)O)c2)C1. The zero-order valence-corrected chi connectivity index (χ0v) is 12.1. The standard InChI is InChI=1S/C16H20FNO3/c1-16(21)7-2-8-18(11-16)10-12-3-5-14(17)13(9-12)4-6-15(19)20/h3-6,9,21H,2,7-8,10-11H2,1H3,(H,19,20)/b6-4+. The molecule has 1 heterocycles. The van der Waals surface area contributed by atoms with Crippen LogP contribution in [-0.2, 0) is 11.3 Å². The van der Waals surface area contributed by atoms with Gasteiger partial charge in [0.05, 0.1) is 5.60 Å². The number of piperidine rings is 1. The first kappa shape index (κ1) is 15.7. The van der Waals surface area contributed by atoms with Gasteiger partial charge in [-0.2, -0.15) is 0 Å². The van der Waals surface area contributed by atoms with Gasteiger partial charge in [0, 0.05) is 24.7 Å². The number of halogens is 1. The van der Waals surface area contributed by atoms with Crippen LogP contribution in [0.1, 0.15) is 30.9 Å². The Kier molecular flexibility index (Phi) is 4.75. The number of carboxylic acids is 1. The molecule has 0 radical (unpaired) electrons. The maximum atomic E-state index is 13.6. The second-order valence-electron chi connectivity index (χ2n) is 5.84. The molecular formula is C16H20FNO3. The minimum absolute atomic E-state index is 0.263. The largest absolute Gasteiger partial charge is 0.478 e. The highest BCUT2D eigenvalue weighted by Crippen LogP contribution is 2.22. The Bertz CT molecular complexity index is 554. The molecule has 1 aromatic carbocycles. The van der Waals surface area contributed by atoms with Gasteiger partial charge >= 0.3 is 5.97 Å². The van der Waals surface area contributed by atoms with Crippen LogP contribution < -0.4 is 0 Å². The summed E-state index contributed by atoms with van der Waals surface area (Å²) < 4.78 is 13.6. The Morgan fingerprint density at radius 2 is 2.29 bits per heavy atom. The van der Waals surface area contributed by atoms with Crippen molar-refractivity contribution in [2.75, 3.05) is 13.1 Å². The number of hydrogen-bond donors (Lipinski definition) is 2. The van der Waals surface area contributed by atoms with E-state index in [9.17, 15) is 14.3 Å². The smallest absolute Gasteiger partial charge is 0.328 e. The van der Waals surface area contributed by atoms with Gasteiger partial charge in [0.15, 0.2) is 0 Å². The quantitative estimate of drug-likeness (QED) is 0.836. The van der Waals surface area contributed by atoms with E-state index in [-0.39, 0.29) is 5.56 Å². The normalized spacial score (nSPS) is 23.6. The minimum atomic E-state index is -1.10. The number of aliphatic hydroxyl groups is 1. The van der Waals surface area contributed by atoms with Crippen molar-refractivity contribution in [1.82, 2.24) is 4.90 Å². The summed E-state index contributed by atoms with van der Waals surface area (Å²) in [6.07, 6.45) is 3.90. The Hall–Kier alpha value is -1.72. The summed E-state index contributed by atoms with van der Waals surface area (Å²) in [5.74, 6) is -1.55. The van der Waals surface area contributed by atoms with Crippen molar-refractivity contribution in [2.45, 2.75) is 31.9 Å². The molecule has 1 saturated heterocycles. The number of carboxylic acid groups (broad SMARTS) is 1. The van der Waals surface area contributed by atoms with Crippen LogP contribution in [0.5, 0.6) is 0 Å². The topological polar surface area (TPSA) is 60.8 Å². The Labute approximate surface area is 123 Å². The lowest BCUT2D eigenvalue weighted by Crippen LogP contribution is -2.45. The first-order chi connectivity index (χ1) is 9.85. The van der Waals surface area contributed by atoms with Gasteiger partial charge in [-0.15, -0.1) is 0 Å². The predicted molar refractivity (Wildman–Crippen MR) is 78.2 cm³/mol. The highest BCUT2D eigenvalue weighted by molar-refractivity contribution is 5.85. The highest BCUT2D eigenvalue weighted by atomic mass is 19.1. The molecule has 1 unspecified atom stereocenters. The molecule has 114 valence electrons. The third-order valence-corrected chi connectivity index (χ3v) is 3.63. The first-order valence-electron chi connectivity index (χ1n) is 7.00. The van der Waals surface area contributed by atoms with E-state index < -0.39 is 17.4 Å². The van der Waals surface area contributed by atoms with Crippen molar-refractivity contribution >= 4 is 12.0 Å². The minimum Gasteiger partial charge on any atom is -0.478 e. The van der Waals surface area contributed by atoms with E-state index in [0.717, 1.165) is 31.0 Å². The van der Waals surface area contributed by atoms with E-state index in [1.807, 2.05) is 6.92 Å². The van der Waals surface area contributed by atoms with E-state index in [1.54, 1.807) is 12.1 Å². The highest BCUT2D eigenvalue weighted by Gasteiger charge is 2.28. The number of β-amino-alcohol motifs (C(OH)–C–C–N with tert-alkyl or cyclic N) is 1. The van der Waals surface area contributed by atoms with Crippen LogP contribution in [0.3, 0.4) is 0 Å². The van der Waals surface area contributed by atoms with E-state index in [0.29, 0.717) is 13.1 Å². The molecule has 0 aromatic heterocycles. The summed E-state index contributed by atoms with van der Waals surface area (Å²) in [5, 5.41) is 18.7. The summed E-state index contributed by atoms with van der Waals surface area (Å²) >= 11 is 0. The molecular weight excluding hydrogens is 273 g/mol. The lowest BCUT2D eigenvalue weighted by Gasteiger charge is -2.36. The maximum absolute atomic E-state index is 13.6. The van der Waals surface area contributed by atoms with Gasteiger partial charge in [0.1, 0.15) is 5.82 Å². The van der Waals surface area contributed by atoms with Crippen molar-refractivity contribution < 1.29 is 19.4 Å². The molecule has 0 aliphatic carbocycles. The molecule has 2 rings (SSSR count). The van der Waals surface area contributed by atoms with E-state index in [4.69, 9.17) is 5.11 Å². The monoisotopic (exact) mass is 293 g/mol. The fraction of sp³-hybridized carbons (Fsp3) is 0.438. The summed E-state index contributed by atoms with van der Waals surface area (Å²) in [4.78, 5) is 12.6. The second kappa shape index (κ2) is 6.37. The van der Waals surface area contributed by atoms with Crippen LogP contribution in [0.25, 0.3) is 6.08 Å². The lowest BCUT2D eigenvalue weighted by atomic mass is 9.95. The number of carbonyl (C=O) groups is 1. The zero-order valence-electron chi connectivity index (χ0n) is 12.1. The molecule has 1 aromatic rings. The molecule has 5 heteroatoms.